The molecule has 0 aliphatic carbocycles. The summed E-state index contributed by atoms with van der Waals surface area (Å²) in [4.78, 5) is 25.4. The number of rotatable bonds is 5. The number of hydrogen-bond donors (Lipinski definition) is 1. The fraction of sp³-hybridized carbons (Fsp3) is 0.467. The molecule has 0 fully saturated rings. The molecule has 0 spiro atoms. The monoisotopic (exact) mass is 293 g/mol. The minimum Gasteiger partial charge on any atom is -0.478 e. The van der Waals surface area contributed by atoms with Gasteiger partial charge in [-0.2, -0.15) is 0 Å². The van der Waals surface area contributed by atoms with Crippen LogP contribution in [0.4, 0.5) is 5.69 Å². The summed E-state index contributed by atoms with van der Waals surface area (Å²) >= 11 is 0. The van der Waals surface area contributed by atoms with E-state index in [-0.39, 0.29) is 25.7 Å². The molecule has 114 valence electrons. The van der Waals surface area contributed by atoms with Crippen LogP contribution in [0.15, 0.2) is 18.2 Å². The number of aliphatic hydroxyl groups excluding tert-OH is 1. The molecule has 6 heteroatoms. The van der Waals surface area contributed by atoms with Gasteiger partial charge in [0.1, 0.15) is 12.3 Å². The second-order valence-electron chi connectivity index (χ2n) is 4.70. The lowest BCUT2D eigenvalue weighted by Gasteiger charge is -2.33. The van der Waals surface area contributed by atoms with Crippen LogP contribution in [0.1, 0.15) is 25.8 Å². The van der Waals surface area contributed by atoms with Gasteiger partial charge in [0.05, 0.1) is 18.9 Å². The van der Waals surface area contributed by atoms with Crippen LogP contribution in [-0.4, -0.2) is 36.2 Å². The van der Waals surface area contributed by atoms with Gasteiger partial charge in [0.25, 0.3) is 5.91 Å². The molecule has 1 unspecified atom stereocenters. The summed E-state index contributed by atoms with van der Waals surface area (Å²) in [6.07, 6.45) is -0.123. The first kappa shape index (κ1) is 15.3. The maximum atomic E-state index is 12.4. The number of carbonyl (C=O) groups excluding carboxylic acids is 2. The molecule has 0 bridgehead atoms. The van der Waals surface area contributed by atoms with E-state index in [1.165, 1.54) is 4.90 Å². The molecule has 0 radical (unpaired) electrons. The highest BCUT2D eigenvalue weighted by Gasteiger charge is 2.34. The lowest BCUT2D eigenvalue weighted by atomic mass is 10.1. The van der Waals surface area contributed by atoms with Crippen molar-refractivity contribution in [1.29, 1.82) is 0 Å². The number of ether oxygens (including phenoxy) is 2. The molecule has 1 aliphatic rings. The van der Waals surface area contributed by atoms with Crippen LogP contribution in [0.3, 0.4) is 0 Å². The number of amides is 1. The normalized spacial score (nSPS) is 17.2. The van der Waals surface area contributed by atoms with E-state index in [4.69, 9.17) is 9.47 Å². The Kier molecular flexibility index (Phi) is 4.80. The number of esters is 1. The van der Waals surface area contributed by atoms with Gasteiger partial charge >= 0.3 is 5.97 Å². The number of aliphatic hydroxyl groups is 1. The third kappa shape index (κ3) is 3.16. The van der Waals surface area contributed by atoms with E-state index in [9.17, 15) is 14.7 Å². The van der Waals surface area contributed by atoms with E-state index in [1.54, 1.807) is 25.1 Å². The maximum Gasteiger partial charge on any atom is 0.326 e. The molecule has 6 nitrogen and oxygen atoms in total. The van der Waals surface area contributed by atoms with Crippen LogP contribution in [0.5, 0.6) is 5.75 Å². The quantitative estimate of drug-likeness (QED) is 0.827. The Hall–Kier alpha value is -2.08. The van der Waals surface area contributed by atoms with Gasteiger partial charge in [-0.25, -0.2) is 0 Å². The highest BCUT2D eigenvalue weighted by atomic mass is 16.5. The van der Waals surface area contributed by atoms with Crippen molar-refractivity contribution in [3.8, 4) is 5.75 Å². The minimum absolute atomic E-state index is 0.112. The Morgan fingerprint density at radius 2 is 2.19 bits per heavy atom. The molecule has 1 aromatic carbocycles. The van der Waals surface area contributed by atoms with Gasteiger partial charge in [-0.15, -0.1) is 0 Å². The van der Waals surface area contributed by atoms with Crippen LogP contribution in [0.2, 0.25) is 0 Å². The Bertz CT molecular complexity index is 543. The average Bonchev–Trinajstić information content (AvgIpc) is 2.49. The van der Waals surface area contributed by atoms with Crippen molar-refractivity contribution in [2.75, 3.05) is 18.1 Å². The number of fused-ring (bicyclic) bond motifs is 1. The summed E-state index contributed by atoms with van der Waals surface area (Å²) in [5.74, 6) is -0.216. The molecule has 1 amide bonds. The first-order chi connectivity index (χ1) is 10.1. The van der Waals surface area contributed by atoms with Crippen molar-refractivity contribution in [2.24, 2.45) is 0 Å². The van der Waals surface area contributed by atoms with Gasteiger partial charge in [0.2, 0.25) is 0 Å². The Morgan fingerprint density at radius 3 is 2.81 bits per heavy atom. The summed E-state index contributed by atoms with van der Waals surface area (Å²) < 4.78 is 10.6. The van der Waals surface area contributed by atoms with Gasteiger partial charge in [0.15, 0.2) is 6.10 Å². The summed E-state index contributed by atoms with van der Waals surface area (Å²) in [7, 11) is 0. The minimum atomic E-state index is -0.624. The van der Waals surface area contributed by atoms with E-state index in [0.717, 1.165) is 0 Å². The van der Waals surface area contributed by atoms with Crippen LogP contribution in [0, 0.1) is 0 Å². The molecule has 0 aromatic heterocycles. The summed E-state index contributed by atoms with van der Waals surface area (Å²) in [5, 5.41) is 9.19. The third-order valence-electron chi connectivity index (χ3n) is 3.27. The zero-order chi connectivity index (χ0) is 15.4. The lowest BCUT2D eigenvalue weighted by molar-refractivity contribution is -0.143. The van der Waals surface area contributed by atoms with Crippen LogP contribution in [-0.2, 0) is 20.9 Å². The van der Waals surface area contributed by atoms with E-state index < -0.39 is 12.1 Å². The SMILES string of the molecule is CCOC(=O)CN1C(=O)C(CC)Oc2cc(CO)ccc21. The second-order valence-corrected chi connectivity index (χ2v) is 4.70. The van der Waals surface area contributed by atoms with E-state index in [1.807, 2.05) is 6.92 Å². The standard InChI is InChI=1S/C15H19NO5/c1-3-12-15(19)16(8-14(18)20-4-2)11-6-5-10(9-17)7-13(11)21-12/h5-7,12,17H,3-4,8-9H2,1-2H3. The summed E-state index contributed by atoms with van der Waals surface area (Å²) in [6.45, 7) is 3.57. The highest BCUT2D eigenvalue weighted by molar-refractivity contribution is 6.03. The van der Waals surface area contributed by atoms with Gasteiger partial charge in [-0.3, -0.25) is 14.5 Å². The zero-order valence-electron chi connectivity index (χ0n) is 12.2. The van der Waals surface area contributed by atoms with Crippen molar-refractivity contribution in [3.63, 3.8) is 0 Å². The van der Waals surface area contributed by atoms with E-state index >= 15 is 0 Å². The van der Waals surface area contributed by atoms with Crippen molar-refractivity contribution in [2.45, 2.75) is 33.0 Å². The maximum absolute atomic E-state index is 12.4. The molecule has 1 aliphatic heterocycles. The molecule has 1 heterocycles. The number of hydrogen-bond acceptors (Lipinski definition) is 5. The average molecular weight is 293 g/mol. The molecule has 1 atom stereocenters. The smallest absolute Gasteiger partial charge is 0.326 e. The van der Waals surface area contributed by atoms with E-state index in [2.05, 4.69) is 0 Å². The van der Waals surface area contributed by atoms with Gasteiger partial charge in [-0.05, 0) is 31.0 Å². The van der Waals surface area contributed by atoms with Crippen molar-refractivity contribution in [3.05, 3.63) is 23.8 Å². The fourth-order valence-electron chi connectivity index (χ4n) is 2.23. The molecule has 1 N–H and O–H groups in total. The number of nitrogens with zero attached hydrogens (tertiary/aromatic N) is 1. The predicted octanol–water partition coefficient (Wildman–Crippen LogP) is 1.25. The van der Waals surface area contributed by atoms with Crippen LogP contribution < -0.4 is 9.64 Å². The second kappa shape index (κ2) is 6.58. The molecule has 1 aromatic rings. The van der Waals surface area contributed by atoms with Crippen molar-refractivity contribution < 1.29 is 24.2 Å². The molecule has 0 saturated carbocycles. The highest BCUT2D eigenvalue weighted by Crippen LogP contribution is 2.35. The topological polar surface area (TPSA) is 76.1 Å². The largest absolute Gasteiger partial charge is 0.478 e. The number of carbonyl (C=O) groups is 2. The zero-order valence-corrected chi connectivity index (χ0v) is 12.2. The van der Waals surface area contributed by atoms with Crippen molar-refractivity contribution in [1.82, 2.24) is 0 Å². The fourth-order valence-corrected chi connectivity index (χ4v) is 2.23. The molecular formula is C15H19NO5. The number of anilines is 1. The lowest BCUT2D eigenvalue weighted by Crippen LogP contribution is -2.48. The van der Waals surface area contributed by atoms with Crippen LogP contribution in [0.25, 0.3) is 0 Å². The summed E-state index contributed by atoms with van der Waals surface area (Å²) in [6, 6.07) is 5.05. The molecule has 2 rings (SSSR count). The van der Waals surface area contributed by atoms with Crippen LogP contribution >= 0.6 is 0 Å². The molecule has 0 saturated heterocycles. The third-order valence-corrected chi connectivity index (χ3v) is 3.27. The Balaban J connectivity index is 2.34. The Morgan fingerprint density at radius 1 is 1.43 bits per heavy atom. The number of benzene rings is 1. The first-order valence-electron chi connectivity index (χ1n) is 6.98. The van der Waals surface area contributed by atoms with Gasteiger partial charge < -0.3 is 14.6 Å². The van der Waals surface area contributed by atoms with E-state index in [0.29, 0.717) is 23.4 Å². The van der Waals surface area contributed by atoms with Gasteiger partial charge in [0, 0.05) is 0 Å². The molecule has 21 heavy (non-hydrogen) atoms. The first-order valence-corrected chi connectivity index (χ1v) is 6.98. The van der Waals surface area contributed by atoms with Crippen molar-refractivity contribution >= 4 is 17.6 Å². The molecular weight excluding hydrogens is 274 g/mol. The Labute approximate surface area is 123 Å². The predicted molar refractivity (Wildman–Crippen MR) is 76.1 cm³/mol. The summed E-state index contributed by atoms with van der Waals surface area (Å²) in [5.41, 5.74) is 1.21. The van der Waals surface area contributed by atoms with Gasteiger partial charge in [-0.1, -0.05) is 13.0 Å².